The lowest BCUT2D eigenvalue weighted by Crippen LogP contribution is -2.58. The first-order valence-corrected chi connectivity index (χ1v) is 7.29. The quantitative estimate of drug-likeness (QED) is 0.600. The van der Waals surface area contributed by atoms with Gasteiger partial charge in [0.15, 0.2) is 0 Å². The van der Waals surface area contributed by atoms with Gasteiger partial charge < -0.3 is 14.7 Å². The van der Waals surface area contributed by atoms with Crippen molar-refractivity contribution in [2.45, 2.75) is 63.5 Å². The topological polar surface area (TPSA) is 67.8 Å². The normalized spacial score (nSPS) is 38.6. The highest BCUT2D eigenvalue weighted by atomic mass is 16.6. The minimum absolute atomic E-state index is 0.194. The molecule has 2 rings (SSSR count). The largest absolute Gasteiger partial charge is 0.465 e. The van der Waals surface area contributed by atoms with E-state index in [-0.39, 0.29) is 12.0 Å². The standard InChI is InChI=1S/C14H25NO4/c1-3-19-12(16)13-8-5-4-6-9-14(13,17)11(7-10-13)15-18-2/h11,15,17H,3-10H2,1-2H3/t11-,13-,14-/m0/s1. The van der Waals surface area contributed by atoms with Crippen LogP contribution in [0, 0.1) is 5.41 Å². The summed E-state index contributed by atoms with van der Waals surface area (Å²) in [4.78, 5) is 17.5. The summed E-state index contributed by atoms with van der Waals surface area (Å²) in [7, 11) is 1.55. The van der Waals surface area contributed by atoms with E-state index in [9.17, 15) is 9.90 Å². The van der Waals surface area contributed by atoms with Gasteiger partial charge in [-0.2, -0.15) is 5.48 Å². The first kappa shape index (κ1) is 14.8. The molecule has 0 radical (unpaired) electrons. The van der Waals surface area contributed by atoms with E-state index in [1.807, 2.05) is 6.92 Å². The number of fused-ring (bicyclic) bond motifs is 1. The average Bonchev–Trinajstić information content (AvgIpc) is 2.56. The molecule has 19 heavy (non-hydrogen) atoms. The fourth-order valence-corrected chi connectivity index (χ4v) is 3.88. The third kappa shape index (κ3) is 2.28. The fourth-order valence-electron chi connectivity index (χ4n) is 3.88. The summed E-state index contributed by atoms with van der Waals surface area (Å²) in [5.41, 5.74) is 1.07. The Morgan fingerprint density at radius 1 is 1.32 bits per heavy atom. The Hall–Kier alpha value is -0.650. The molecule has 2 aliphatic carbocycles. The summed E-state index contributed by atoms with van der Waals surface area (Å²) in [6.07, 6.45) is 5.73. The molecule has 2 N–H and O–H groups in total. The zero-order chi connectivity index (χ0) is 13.9. The monoisotopic (exact) mass is 271 g/mol. The highest BCUT2D eigenvalue weighted by molar-refractivity contribution is 5.79. The highest BCUT2D eigenvalue weighted by Crippen LogP contribution is 2.54. The molecule has 0 saturated heterocycles. The van der Waals surface area contributed by atoms with Crippen LogP contribution in [0.15, 0.2) is 0 Å². The molecule has 3 atom stereocenters. The first-order valence-electron chi connectivity index (χ1n) is 7.29. The lowest BCUT2D eigenvalue weighted by molar-refractivity contribution is -0.177. The maximum absolute atomic E-state index is 12.5. The van der Waals surface area contributed by atoms with E-state index in [1.54, 1.807) is 7.11 Å². The van der Waals surface area contributed by atoms with Gasteiger partial charge in [0, 0.05) is 0 Å². The second kappa shape index (κ2) is 5.77. The smallest absolute Gasteiger partial charge is 0.315 e. The first-order chi connectivity index (χ1) is 9.10. The van der Waals surface area contributed by atoms with Crippen molar-refractivity contribution in [3.8, 4) is 0 Å². The lowest BCUT2D eigenvalue weighted by atomic mass is 9.69. The molecule has 0 amide bonds. The van der Waals surface area contributed by atoms with Crippen LogP contribution in [0.25, 0.3) is 0 Å². The van der Waals surface area contributed by atoms with E-state index in [0.29, 0.717) is 25.9 Å². The Labute approximate surface area is 114 Å². The van der Waals surface area contributed by atoms with Crippen molar-refractivity contribution in [3.05, 3.63) is 0 Å². The van der Waals surface area contributed by atoms with E-state index < -0.39 is 11.0 Å². The molecule has 0 unspecified atom stereocenters. The molecular formula is C14H25NO4. The number of nitrogens with one attached hydrogen (secondary N) is 1. The predicted octanol–water partition coefficient (Wildman–Crippen LogP) is 1.54. The number of aliphatic hydroxyl groups is 1. The van der Waals surface area contributed by atoms with Gasteiger partial charge in [-0.05, 0) is 32.6 Å². The van der Waals surface area contributed by atoms with Gasteiger partial charge >= 0.3 is 5.97 Å². The van der Waals surface area contributed by atoms with Crippen LogP contribution in [0.1, 0.15) is 51.9 Å². The van der Waals surface area contributed by atoms with Gasteiger partial charge in [0.05, 0.1) is 30.8 Å². The zero-order valence-electron chi connectivity index (χ0n) is 11.9. The van der Waals surface area contributed by atoms with E-state index in [2.05, 4.69) is 5.48 Å². The number of esters is 1. The third-order valence-electron chi connectivity index (χ3n) is 4.85. The molecule has 0 spiro atoms. The molecule has 2 aliphatic rings. The Kier molecular flexibility index (Phi) is 4.48. The molecule has 2 fully saturated rings. The van der Waals surface area contributed by atoms with Crippen molar-refractivity contribution >= 4 is 5.97 Å². The number of carbonyl (C=O) groups is 1. The molecule has 2 saturated carbocycles. The highest BCUT2D eigenvalue weighted by Gasteiger charge is 2.64. The zero-order valence-corrected chi connectivity index (χ0v) is 11.9. The Morgan fingerprint density at radius 3 is 2.74 bits per heavy atom. The van der Waals surface area contributed by atoms with Crippen molar-refractivity contribution in [2.75, 3.05) is 13.7 Å². The van der Waals surface area contributed by atoms with Gasteiger partial charge in [-0.25, -0.2) is 0 Å². The van der Waals surface area contributed by atoms with Gasteiger partial charge in [0.2, 0.25) is 0 Å². The van der Waals surface area contributed by atoms with Gasteiger partial charge in [-0.15, -0.1) is 0 Å². The second-order valence-corrected chi connectivity index (χ2v) is 5.70. The van der Waals surface area contributed by atoms with Crippen LogP contribution in [0.3, 0.4) is 0 Å². The fraction of sp³-hybridized carbons (Fsp3) is 0.929. The second-order valence-electron chi connectivity index (χ2n) is 5.70. The Morgan fingerprint density at radius 2 is 2.05 bits per heavy atom. The summed E-state index contributed by atoms with van der Waals surface area (Å²) in [5, 5.41) is 11.2. The van der Waals surface area contributed by atoms with Crippen LogP contribution in [0.5, 0.6) is 0 Å². The minimum Gasteiger partial charge on any atom is -0.465 e. The predicted molar refractivity (Wildman–Crippen MR) is 70.3 cm³/mol. The molecule has 0 aromatic rings. The van der Waals surface area contributed by atoms with Gasteiger partial charge in [-0.3, -0.25) is 4.79 Å². The maximum Gasteiger partial charge on any atom is 0.315 e. The third-order valence-corrected chi connectivity index (χ3v) is 4.85. The van der Waals surface area contributed by atoms with Gasteiger partial charge in [0.25, 0.3) is 0 Å². The number of carbonyl (C=O) groups excluding carboxylic acids is 1. The van der Waals surface area contributed by atoms with Crippen LogP contribution in [0.4, 0.5) is 0 Å². The van der Waals surface area contributed by atoms with E-state index >= 15 is 0 Å². The number of ether oxygens (including phenoxy) is 1. The Bertz CT molecular complexity index is 335. The maximum atomic E-state index is 12.5. The molecule has 0 bridgehead atoms. The molecule has 5 heteroatoms. The van der Waals surface area contributed by atoms with Crippen LogP contribution in [0.2, 0.25) is 0 Å². The summed E-state index contributed by atoms with van der Waals surface area (Å²) >= 11 is 0. The van der Waals surface area contributed by atoms with Crippen molar-refractivity contribution in [2.24, 2.45) is 5.41 Å². The molecular weight excluding hydrogens is 246 g/mol. The summed E-state index contributed by atoms with van der Waals surface area (Å²) < 4.78 is 5.27. The van der Waals surface area contributed by atoms with Crippen molar-refractivity contribution in [1.29, 1.82) is 0 Å². The summed E-state index contributed by atoms with van der Waals surface area (Å²) in [6.45, 7) is 2.17. The van der Waals surface area contributed by atoms with E-state index in [4.69, 9.17) is 9.57 Å². The minimum atomic E-state index is -1.05. The molecule has 0 aliphatic heterocycles. The molecule has 0 aromatic heterocycles. The number of rotatable bonds is 4. The average molecular weight is 271 g/mol. The van der Waals surface area contributed by atoms with E-state index in [0.717, 1.165) is 25.7 Å². The van der Waals surface area contributed by atoms with Crippen molar-refractivity contribution in [3.63, 3.8) is 0 Å². The molecule has 0 heterocycles. The van der Waals surface area contributed by atoms with Crippen LogP contribution in [-0.4, -0.2) is 36.4 Å². The number of hydroxylamine groups is 1. The van der Waals surface area contributed by atoms with Crippen molar-refractivity contribution in [1.82, 2.24) is 5.48 Å². The Balaban J connectivity index is 2.32. The van der Waals surface area contributed by atoms with Crippen LogP contribution >= 0.6 is 0 Å². The lowest BCUT2D eigenvalue weighted by Gasteiger charge is -2.42. The number of hydrogen-bond acceptors (Lipinski definition) is 5. The van der Waals surface area contributed by atoms with Gasteiger partial charge in [-0.1, -0.05) is 19.3 Å². The summed E-state index contributed by atoms with van der Waals surface area (Å²) in [5.74, 6) is -0.236. The van der Waals surface area contributed by atoms with Crippen LogP contribution in [-0.2, 0) is 14.4 Å². The number of hydrogen-bond donors (Lipinski definition) is 2. The van der Waals surface area contributed by atoms with E-state index in [1.165, 1.54) is 0 Å². The SMILES string of the molecule is CCOC(=O)[C@@]12CCCCC[C@]1(O)[C@@H](NOC)CC2. The van der Waals surface area contributed by atoms with Gasteiger partial charge in [0.1, 0.15) is 0 Å². The van der Waals surface area contributed by atoms with Crippen LogP contribution < -0.4 is 5.48 Å². The molecule has 0 aromatic carbocycles. The molecule has 110 valence electrons. The summed E-state index contributed by atoms with van der Waals surface area (Å²) in [6, 6.07) is -0.194. The van der Waals surface area contributed by atoms with Crippen molar-refractivity contribution < 1.29 is 19.5 Å². The molecule has 5 nitrogen and oxygen atoms in total.